The Morgan fingerprint density at radius 3 is 1.84 bits per heavy atom. The van der Waals surface area contributed by atoms with Crippen LogP contribution in [0.1, 0.15) is 18.1 Å². The Labute approximate surface area is 172 Å². The van der Waals surface area contributed by atoms with Crippen molar-refractivity contribution in [2.45, 2.75) is 18.9 Å². The third-order valence-electron chi connectivity index (χ3n) is 2.91. The van der Waals surface area contributed by atoms with Gasteiger partial charge in [0.15, 0.2) is 11.4 Å². The van der Waals surface area contributed by atoms with Gasteiger partial charge in [-0.05, 0) is 17.7 Å². The Balaban J connectivity index is 0.000000257. The summed E-state index contributed by atoms with van der Waals surface area (Å²) >= 11 is 10.0. The predicted octanol–water partition coefficient (Wildman–Crippen LogP) is 6.96. The molecular weight excluding hydrogens is 516 g/mol. The molecule has 0 aromatic heterocycles. The van der Waals surface area contributed by atoms with Crippen LogP contribution in [0.3, 0.4) is 0 Å². The average Bonchev–Trinajstić information content (AvgIpc) is 2.60. The molecule has 2 rings (SSSR count). The topological polar surface area (TPSA) is 35.0 Å². The van der Waals surface area contributed by atoms with E-state index in [2.05, 4.69) is 57.5 Å². The first kappa shape index (κ1) is 21.4. The number of nitrogens with zero attached hydrogens (tertiary/aromatic N) is 2. The molecule has 0 bridgehead atoms. The number of alkyl halides is 1. The van der Waals surface area contributed by atoms with Crippen LogP contribution < -0.4 is 0 Å². The fourth-order valence-corrected chi connectivity index (χ4v) is 3.47. The van der Waals surface area contributed by atoms with Gasteiger partial charge in [0.1, 0.15) is 6.61 Å². The van der Waals surface area contributed by atoms with E-state index in [-0.39, 0.29) is 12.6 Å². The summed E-state index contributed by atoms with van der Waals surface area (Å²) in [5.74, 6) is -0.314. The van der Waals surface area contributed by atoms with Crippen molar-refractivity contribution in [3.05, 3.63) is 79.3 Å². The summed E-state index contributed by atoms with van der Waals surface area (Å²) in [4.78, 5) is 17.2. The molecule has 0 heterocycles. The molecule has 25 heavy (non-hydrogen) atoms. The van der Waals surface area contributed by atoms with E-state index in [9.17, 15) is 4.79 Å². The van der Waals surface area contributed by atoms with Gasteiger partial charge in [0, 0.05) is 26.8 Å². The largest absolute Gasteiger partial charge is 0.461 e. The zero-order valence-electron chi connectivity index (χ0n) is 13.2. The van der Waals surface area contributed by atoms with Crippen LogP contribution in [0.2, 0.25) is 0 Å². The molecular formula is C18H13Br3N2O2. The lowest BCUT2D eigenvalue weighted by Crippen LogP contribution is -1.99. The minimum atomic E-state index is -0.314. The monoisotopic (exact) mass is 526 g/mol. The maximum atomic E-state index is 10.6. The Kier molecular flexibility index (Phi) is 9.44. The summed E-state index contributed by atoms with van der Waals surface area (Å²) in [7, 11) is 0. The predicted molar refractivity (Wildman–Crippen MR) is 109 cm³/mol. The van der Waals surface area contributed by atoms with Gasteiger partial charge < -0.3 is 4.74 Å². The normalized spacial score (nSPS) is 9.20. The third-order valence-corrected chi connectivity index (χ3v) is 4.99. The first-order chi connectivity index (χ1) is 11.9. The van der Waals surface area contributed by atoms with Crippen LogP contribution >= 0.6 is 47.8 Å². The first-order valence-electron chi connectivity index (χ1n) is 6.92. The minimum absolute atomic E-state index is 0.230. The second kappa shape index (κ2) is 11.0. The van der Waals surface area contributed by atoms with Crippen LogP contribution in [-0.2, 0) is 21.5 Å². The van der Waals surface area contributed by atoms with Gasteiger partial charge in [-0.1, -0.05) is 72.1 Å². The molecule has 0 aliphatic carbocycles. The van der Waals surface area contributed by atoms with Crippen LogP contribution in [0.25, 0.3) is 9.69 Å². The lowest BCUT2D eigenvalue weighted by Gasteiger charge is -2.04. The molecule has 0 amide bonds. The van der Waals surface area contributed by atoms with Crippen molar-refractivity contribution >= 4 is 65.1 Å². The van der Waals surface area contributed by atoms with Crippen molar-refractivity contribution in [2.75, 3.05) is 0 Å². The van der Waals surface area contributed by atoms with Crippen LogP contribution in [0, 0.1) is 13.1 Å². The molecule has 0 spiro atoms. The first-order valence-corrected chi connectivity index (χ1v) is 9.63. The van der Waals surface area contributed by atoms with Crippen molar-refractivity contribution in [2.24, 2.45) is 0 Å². The van der Waals surface area contributed by atoms with Crippen LogP contribution in [0.4, 0.5) is 11.4 Å². The molecule has 7 heteroatoms. The van der Waals surface area contributed by atoms with E-state index < -0.39 is 0 Å². The Hall–Kier alpha value is -1.67. The molecule has 0 aliphatic rings. The number of carbonyl (C=O) groups excluding carboxylic acids is 1. The number of ether oxygens (including phenoxy) is 1. The molecule has 0 saturated heterocycles. The van der Waals surface area contributed by atoms with E-state index in [1.54, 1.807) is 18.2 Å². The Morgan fingerprint density at radius 2 is 1.48 bits per heavy atom. The highest BCUT2D eigenvalue weighted by molar-refractivity contribution is 9.11. The van der Waals surface area contributed by atoms with Crippen LogP contribution in [0.15, 0.2) is 45.3 Å². The second-order valence-corrected chi connectivity index (χ2v) is 6.96. The van der Waals surface area contributed by atoms with Gasteiger partial charge in [-0.2, -0.15) is 0 Å². The summed E-state index contributed by atoms with van der Waals surface area (Å²) < 4.78 is 6.61. The Morgan fingerprint density at radius 1 is 1.00 bits per heavy atom. The number of esters is 1. The van der Waals surface area contributed by atoms with Gasteiger partial charge in [-0.3, -0.25) is 4.79 Å². The summed E-state index contributed by atoms with van der Waals surface area (Å²) in [5, 5.41) is 0.811. The van der Waals surface area contributed by atoms with Gasteiger partial charge in [0.2, 0.25) is 0 Å². The van der Waals surface area contributed by atoms with Gasteiger partial charge in [0.25, 0.3) is 0 Å². The molecule has 2 aromatic rings. The van der Waals surface area contributed by atoms with Crippen molar-refractivity contribution in [3.63, 3.8) is 0 Å². The maximum absolute atomic E-state index is 10.6. The summed E-state index contributed by atoms with van der Waals surface area (Å²) in [6.07, 6.45) is 0. The number of hydrogen-bond donors (Lipinski definition) is 0. The third kappa shape index (κ3) is 7.39. The highest BCUT2D eigenvalue weighted by atomic mass is 79.9. The molecule has 2 aromatic carbocycles. The molecule has 0 fully saturated rings. The molecule has 0 N–H and O–H groups in total. The van der Waals surface area contributed by atoms with Gasteiger partial charge in [-0.25, -0.2) is 9.69 Å². The summed E-state index contributed by atoms with van der Waals surface area (Å²) in [6.45, 7) is 15.2. The van der Waals surface area contributed by atoms with E-state index >= 15 is 0 Å². The molecule has 0 aliphatic heterocycles. The standard InChI is InChI=1S/C10H8BrNO2.C8H5Br2N/c1-7(13)14-6-8-3-4-9(12-2)5-10(8)11;1-11-7-3-2-6(5-9)8(10)4-7/h3-5H,6H2,1H3;2-4H,5H2. The molecule has 4 nitrogen and oxygen atoms in total. The summed E-state index contributed by atoms with van der Waals surface area (Å²) in [5.41, 5.74) is 3.25. The molecule has 0 radical (unpaired) electrons. The van der Waals surface area contributed by atoms with Crippen molar-refractivity contribution in [1.82, 2.24) is 0 Å². The van der Waals surface area contributed by atoms with Crippen LogP contribution in [-0.4, -0.2) is 5.97 Å². The van der Waals surface area contributed by atoms with Crippen molar-refractivity contribution in [3.8, 4) is 0 Å². The van der Waals surface area contributed by atoms with Gasteiger partial charge >= 0.3 is 5.97 Å². The zero-order chi connectivity index (χ0) is 18.8. The molecule has 128 valence electrons. The maximum Gasteiger partial charge on any atom is 0.302 e. The second-order valence-electron chi connectivity index (χ2n) is 4.69. The van der Waals surface area contributed by atoms with Gasteiger partial charge in [-0.15, -0.1) is 0 Å². The molecule has 0 unspecified atom stereocenters. The highest BCUT2D eigenvalue weighted by Crippen LogP contribution is 2.25. The summed E-state index contributed by atoms with van der Waals surface area (Å²) in [6, 6.07) is 10.7. The quantitative estimate of drug-likeness (QED) is 0.245. The number of halogens is 3. The highest BCUT2D eigenvalue weighted by Gasteiger charge is 2.02. The van der Waals surface area contributed by atoms with E-state index in [4.69, 9.17) is 17.9 Å². The average molecular weight is 529 g/mol. The van der Waals surface area contributed by atoms with Crippen molar-refractivity contribution in [1.29, 1.82) is 0 Å². The van der Waals surface area contributed by atoms with E-state index in [1.807, 2.05) is 18.2 Å². The molecule has 0 saturated carbocycles. The lowest BCUT2D eigenvalue weighted by atomic mass is 10.2. The number of hydrogen-bond acceptors (Lipinski definition) is 2. The smallest absolute Gasteiger partial charge is 0.302 e. The number of rotatable bonds is 3. The van der Waals surface area contributed by atoms with E-state index in [0.29, 0.717) is 11.4 Å². The van der Waals surface area contributed by atoms with Gasteiger partial charge in [0.05, 0.1) is 13.1 Å². The molecule has 0 atom stereocenters. The minimum Gasteiger partial charge on any atom is -0.461 e. The SMILES string of the molecule is [C-]#[N+]c1ccc(CBr)c(Br)c1.[C-]#[N+]c1ccc(COC(C)=O)c(Br)c1. The number of carbonyl (C=O) groups is 1. The van der Waals surface area contributed by atoms with Crippen molar-refractivity contribution < 1.29 is 9.53 Å². The fraction of sp³-hybridized carbons (Fsp3) is 0.167. The van der Waals surface area contributed by atoms with E-state index in [1.165, 1.54) is 6.92 Å². The Bertz CT molecular complexity index is 839. The lowest BCUT2D eigenvalue weighted by molar-refractivity contribution is -0.142. The number of benzene rings is 2. The van der Waals surface area contributed by atoms with Crippen LogP contribution in [0.5, 0.6) is 0 Å². The van der Waals surface area contributed by atoms with E-state index in [0.717, 1.165) is 25.4 Å². The fourth-order valence-electron chi connectivity index (χ4n) is 1.62. The zero-order valence-corrected chi connectivity index (χ0v) is 18.0.